The molecule has 0 aliphatic heterocycles. The molecule has 30 heavy (non-hydrogen) atoms. The number of hydrogen-bond acceptors (Lipinski definition) is 5. The SMILES string of the molecule is CCc1c(C)c(C#N)c2nc3ccccc3n2c1N/N=C/c1ccc(N(C)C)cc1. The summed E-state index contributed by atoms with van der Waals surface area (Å²) < 4.78 is 2.01. The van der Waals surface area contributed by atoms with Crippen LogP contribution in [-0.2, 0) is 6.42 Å². The molecule has 6 nitrogen and oxygen atoms in total. The lowest BCUT2D eigenvalue weighted by molar-refractivity contribution is 1.04. The third-order valence-electron chi connectivity index (χ3n) is 5.38. The number of benzene rings is 2. The van der Waals surface area contributed by atoms with Gasteiger partial charge in [-0.2, -0.15) is 10.4 Å². The second kappa shape index (κ2) is 7.88. The van der Waals surface area contributed by atoms with E-state index in [1.54, 1.807) is 6.21 Å². The molecule has 0 aliphatic carbocycles. The van der Waals surface area contributed by atoms with Gasteiger partial charge in [-0.05, 0) is 54.3 Å². The minimum Gasteiger partial charge on any atom is -0.378 e. The summed E-state index contributed by atoms with van der Waals surface area (Å²) in [4.78, 5) is 6.78. The molecule has 4 aromatic rings. The fourth-order valence-corrected chi connectivity index (χ4v) is 3.76. The maximum absolute atomic E-state index is 9.78. The van der Waals surface area contributed by atoms with Crippen molar-refractivity contribution in [2.24, 2.45) is 5.10 Å². The first-order valence-electron chi connectivity index (χ1n) is 9.94. The molecule has 1 N–H and O–H groups in total. The van der Waals surface area contributed by atoms with Crippen LogP contribution in [0.3, 0.4) is 0 Å². The largest absolute Gasteiger partial charge is 0.378 e. The Morgan fingerprint density at radius 2 is 1.90 bits per heavy atom. The molecule has 0 amide bonds. The van der Waals surface area contributed by atoms with E-state index in [1.165, 1.54) is 0 Å². The standard InChI is InChI=1S/C24H24N6/c1-5-19-16(2)20(14-25)23-27-21-8-6-7-9-22(21)30(23)24(19)28-26-15-17-10-12-18(13-11-17)29(3)4/h6-13,15,28H,5H2,1-4H3/b26-15+. The molecule has 0 unspecified atom stereocenters. The number of aromatic nitrogens is 2. The van der Waals surface area contributed by atoms with Crippen LogP contribution < -0.4 is 10.3 Å². The molecule has 0 saturated carbocycles. The van der Waals surface area contributed by atoms with Crippen LogP contribution in [0.5, 0.6) is 0 Å². The van der Waals surface area contributed by atoms with Crippen LogP contribution in [0.15, 0.2) is 53.6 Å². The van der Waals surface area contributed by atoms with Crippen molar-refractivity contribution >= 4 is 34.4 Å². The zero-order valence-electron chi connectivity index (χ0n) is 17.6. The third kappa shape index (κ3) is 3.25. The Morgan fingerprint density at radius 1 is 1.17 bits per heavy atom. The van der Waals surface area contributed by atoms with Crippen molar-refractivity contribution in [3.63, 3.8) is 0 Å². The van der Waals surface area contributed by atoms with Crippen LogP contribution in [0.2, 0.25) is 0 Å². The smallest absolute Gasteiger partial charge is 0.157 e. The number of rotatable bonds is 5. The van der Waals surface area contributed by atoms with Crippen molar-refractivity contribution in [2.75, 3.05) is 24.4 Å². The molecular weight excluding hydrogens is 372 g/mol. The van der Waals surface area contributed by atoms with Gasteiger partial charge in [0.15, 0.2) is 5.65 Å². The Morgan fingerprint density at radius 3 is 2.57 bits per heavy atom. The Labute approximate surface area is 176 Å². The van der Waals surface area contributed by atoms with Crippen molar-refractivity contribution in [1.29, 1.82) is 5.26 Å². The summed E-state index contributed by atoms with van der Waals surface area (Å²) in [6, 6.07) is 18.4. The van der Waals surface area contributed by atoms with Gasteiger partial charge in [0.05, 0.1) is 22.8 Å². The highest BCUT2D eigenvalue weighted by atomic mass is 15.3. The monoisotopic (exact) mass is 396 g/mol. The normalized spacial score (nSPS) is 11.3. The molecule has 0 spiro atoms. The van der Waals surface area contributed by atoms with Crippen LogP contribution in [-0.4, -0.2) is 29.7 Å². The van der Waals surface area contributed by atoms with Gasteiger partial charge in [-0.25, -0.2) is 4.98 Å². The minimum absolute atomic E-state index is 0.608. The van der Waals surface area contributed by atoms with E-state index in [0.717, 1.165) is 45.6 Å². The number of hydrogen-bond donors (Lipinski definition) is 1. The van der Waals surface area contributed by atoms with Crippen LogP contribution >= 0.6 is 0 Å². The number of anilines is 2. The molecule has 0 saturated heterocycles. The van der Waals surface area contributed by atoms with Gasteiger partial charge >= 0.3 is 0 Å². The van der Waals surface area contributed by atoms with E-state index in [4.69, 9.17) is 4.98 Å². The average molecular weight is 396 g/mol. The van der Waals surface area contributed by atoms with E-state index < -0.39 is 0 Å². The number of imidazole rings is 1. The van der Waals surface area contributed by atoms with Gasteiger partial charge in [-0.15, -0.1) is 0 Å². The van der Waals surface area contributed by atoms with Gasteiger partial charge in [0.2, 0.25) is 0 Å². The number of nitrogens with zero attached hydrogens (tertiary/aromatic N) is 5. The summed E-state index contributed by atoms with van der Waals surface area (Å²) in [5.41, 5.74) is 10.4. The van der Waals surface area contributed by atoms with E-state index in [9.17, 15) is 5.26 Å². The van der Waals surface area contributed by atoms with Gasteiger partial charge in [-0.3, -0.25) is 9.83 Å². The molecule has 2 aromatic carbocycles. The first-order chi connectivity index (χ1) is 14.5. The molecule has 4 rings (SSSR count). The maximum atomic E-state index is 9.78. The predicted molar refractivity (Wildman–Crippen MR) is 124 cm³/mol. The fraction of sp³-hybridized carbons (Fsp3) is 0.208. The van der Waals surface area contributed by atoms with Gasteiger partial charge < -0.3 is 4.90 Å². The number of hydrazone groups is 1. The zero-order valence-corrected chi connectivity index (χ0v) is 17.6. The molecule has 0 fully saturated rings. The van der Waals surface area contributed by atoms with Crippen molar-refractivity contribution in [3.05, 3.63) is 70.8 Å². The molecule has 0 bridgehead atoms. The van der Waals surface area contributed by atoms with Crippen LogP contribution in [0, 0.1) is 18.3 Å². The highest BCUT2D eigenvalue weighted by Crippen LogP contribution is 2.31. The summed E-state index contributed by atoms with van der Waals surface area (Å²) in [7, 11) is 4.04. The summed E-state index contributed by atoms with van der Waals surface area (Å²) in [6.45, 7) is 4.06. The van der Waals surface area contributed by atoms with E-state index in [1.807, 2.05) is 61.8 Å². The molecule has 2 aromatic heterocycles. The van der Waals surface area contributed by atoms with Crippen molar-refractivity contribution in [3.8, 4) is 6.07 Å². The third-order valence-corrected chi connectivity index (χ3v) is 5.38. The van der Waals surface area contributed by atoms with Crippen molar-refractivity contribution in [1.82, 2.24) is 9.38 Å². The number of nitrogens with one attached hydrogen (secondary N) is 1. The second-order valence-corrected chi connectivity index (χ2v) is 7.41. The van der Waals surface area contributed by atoms with E-state index in [-0.39, 0.29) is 0 Å². The summed E-state index contributed by atoms with van der Waals surface area (Å²) >= 11 is 0. The first kappa shape index (κ1) is 19.5. The first-order valence-corrected chi connectivity index (χ1v) is 9.94. The van der Waals surface area contributed by atoms with Gasteiger partial charge in [0, 0.05) is 19.8 Å². The Bertz CT molecular complexity index is 1290. The maximum Gasteiger partial charge on any atom is 0.157 e. The van der Waals surface area contributed by atoms with Gasteiger partial charge in [0.1, 0.15) is 11.9 Å². The molecule has 150 valence electrons. The quantitative estimate of drug-likeness (QED) is 0.391. The van der Waals surface area contributed by atoms with Crippen LogP contribution in [0.25, 0.3) is 16.7 Å². The van der Waals surface area contributed by atoms with E-state index >= 15 is 0 Å². The summed E-state index contributed by atoms with van der Waals surface area (Å²) in [5, 5.41) is 14.3. The molecule has 0 radical (unpaired) electrons. The van der Waals surface area contributed by atoms with Gasteiger partial charge in [-0.1, -0.05) is 31.2 Å². The summed E-state index contributed by atoms with van der Waals surface area (Å²) in [5.74, 6) is 0.846. The summed E-state index contributed by atoms with van der Waals surface area (Å²) in [6.07, 6.45) is 2.58. The lowest BCUT2D eigenvalue weighted by Gasteiger charge is -2.15. The molecular formula is C24H24N6. The molecule has 0 aliphatic rings. The topological polar surface area (TPSA) is 68.7 Å². The highest BCUT2D eigenvalue weighted by Gasteiger charge is 2.19. The zero-order chi connectivity index (χ0) is 21.3. The van der Waals surface area contributed by atoms with Crippen LogP contribution in [0.1, 0.15) is 29.2 Å². The lowest BCUT2D eigenvalue weighted by atomic mass is 10.0. The fourth-order valence-electron chi connectivity index (χ4n) is 3.76. The van der Waals surface area contributed by atoms with Crippen LogP contribution in [0.4, 0.5) is 11.5 Å². The lowest BCUT2D eigenvalue weighted by Crippen LogP contribution is -2.08. The second-order valence-electron chi connectivity index (χ2n) is 7.41. The number of nitriles is 1. The highest BCUT2D eigenvalue weighted by molar-refractivity contribution is 5.87. The van der Waals surface area contributed by atoms with Crippen molar-refractivity contribution < 1.29 is 0 Å². The Kier molecular flexibility index (Phi) is 5.11. The molecule has 2 heterocycles. The number of fused-ring (bicyclic) bond motifs is 3. The van der Waals surface area contributed by atoms with E-state index in [0.29, 0.717) is 11.2 Å². The Balaban J connectivity index is 1.82. The molecule has 0 atom stereocenters. The number of para-hydroxylation sites is 2. The predicted octanol–water partition coefficient (Wildman–Crippen LogP) is 4.74. The van der Waals surface area contributed by atoms with Gasteiger partial charge in [0.25, 0.3) is 0 Å². The molecule has 6 heteroatoms. The van der Waals surface area contributed by atoms with Crippen molar-refractivity contribution in [2.45, 2.75) is 20.3 Å². The Hall–Kier alpha value is -3.85. The average Bonchev–Trinajstić information content (AvgIpc) is 3.13. The van der Waals surface area contributed by atoms with E-state index in [2.05, 4.69) is 40.6 Å². The number of pyridine rings is 1. The minimum atomic E-state index is 0.608.